The van der Waals surface area contributed by atoms with Crippen LogP contribution in [0.2, 0.25) is 0 Å². The van der Waals surface area contributed by atoms with Crippen molar-refractivity contribution in [1.82, 2.24) is 9.55 Å². The fourth-order valence-corrected chi connectivity index (χ4v) is 4.02. The van der Waals surface area contributed by atoms with Crippen molar-refractivity contribution < 1.29 is 14.9 Å². The molecule has 2 N–H and O–H groups in total. The van der Waals surface area contributed by atoms with E-state index in [1.807, 2.05) is 30.3 Å². The number of hydrogen-bond donors (Lipinski definition) is 2. The van der Waals surface area contributed by atoms with Crippen LogP contribution in [0, 0.1) is 0 Å². The van der Waals surface area contributed by atoms with Crippen LogP contribution < -0.4 is 10.3 Å². The number of hydrogen-bond acceptors (Lipinski definition) is 5. The van der Waals surface area contributed by atoms with Gasteiger partial charge < -0.3 is 14.9 Å². The summed E-state index contributed by atoms with van der Waals surface area (Å²) in [6.45, 7) is 2.11. The number of aliphatic hydroxyl groups excluding tert-OH is 1. The lowest BCUT2D eigenvalue weighted by molar-refractivity contribution is -0.113. The second-order valence-corrected chi connectivity index (χ2v) is 6.96. The highest BCUT2D eigenvalue weighted by Gasteiger charge is 2.44. The molecule has 2 aliphatic rings. The van der Waals surface area contributed by atoms with Gasteiger partial charge in [-0.25, -0.2) is 4.98 Å². The van der Waals surface area contributed by atoms with Gasteiger partial charge in [0.25, 0.3) is 5.56 Å². The summed E-state index contributed by atoms with van der Waals surface area (Å²) in [5.74, 6) is 0.126. The lowest BCUT2D eigenvalue weighted by atomic mass is 9.83. The van der Waals surface area contributed by atoms with E-state index in [2.05, 4.69) is 0 Å². The highest BCUT2D eigenvalue weighted by Crippen LogP contribution is 2.41. The lowest BCUT2D eigenvalue weighted by Gasteiger charge is -2.37. The summed E-state index contributed by atoms with van der Waals surface area (Å²) in [5.41, 5.74) is 1.76. The molecule has 2 atom stereocenters. The number of rotatable bonds is 1. The molecule has 0 fully saturated rings. The van der Waals surface area contributed by atoms with Crippen LogP contribution in [0.25, 0.3) is 22.3 Å². The van der Waals surface area contributed by atoms with E-state index in [9.17, 15) is 15.0 Å². The van der Waals surface area contributed by atoms with E-state index in [0.29, 0.717) is 17.8 Å². The first-order valence-corrected chi connectivity index (χ1v) is 8.73. The average molecular weight is 350 g/mol. The third-order valence-electron chi connectivity index (χ3n) is 5.57. The molecule has 0 saturated heterocycles. The van der Waals surface area contributed by atoms with E-state index in [-0.39, 0.29) is 24.3 Å². The van der Waals surface area contributed by atoms with Gasteiger partial charge in [0.1, 0.15) is 18.3 Å². The number of benzene rings is 1. The molecular formula is C20H18N2O4. The Morgan fingerprint density at radius 1 is 1.35 bits per heavy atom. The van der Waals surface area contributed by atoms with Gasteiger partial charge in [0.2, 0.25) is 0 Å². The monoisotopic (exact) mass is 350 g/mol. The van der Waals surface area contributed by atoms with Crippen LogP contribution in [0.3, 0.4) is 0 Å². The maximum atomic E-state index is 13.0. The Morgan fingerprint density at radius 2 is 2.15 bits per heavy atom. The van der Waals surface area contributed by atoms with E-state index in [0.717, 1.165) is 22.2 Å². The maximum Gasteiger partial charge on any atom is 0.294 e. The zero-order valence-electron chi connectivity index (χ0n) is 14.3. The highest BCUT2D eigenvalue weighted by molar-refractivity contribution is 5.84. The molecule has 2 aliphatic heterocycles. The van der Waals surface area contributed by atoms with E-state index in [4.69, 9.17) is 9.72 Å². The Morgan fingerprint density at radius 3 is 2.96 bits per heavy atom. The third kappa shape index (κ3) is 1.88. The predicted molar refractivity (Wildman–Crippen MR) is 96.2 cm³/mol. The molecule has 0 radical (unpaired) electrons. The van der Waals surface area contributed by atoms with E-state index in [1.54, 1.807) is 17.6 Å². The zero-order chi connectivity index (χ0) is 18.1. The number of ether oxygens (including phenoxy) is 1. The van der Waals surface area contributed by atoms with Crippen molar-refractivity contribution in [2.24, 2.45) is 0 Å². The van der Waals surface area contributed by atoms with Gasteiger partial charge in [-0.1, -0.05) is 25.1 Å². The van der Waals surface area contributed by atoms with Gasteiger partial charge in [-0.3, -0.25) is 9.36 Å². The first-order valence-electron chi connectivity index (χ1n) is 8.73. The normalized spacial score (nSPS) is 23.3. The smallest absolute Gasteiger partial charge is 0.294 e. The standard InChI is InChI=1S/C20H18N2O4/c1-2-20(25)13-8-15-17-12(7-11-5-3-4-6-14(11)21-17)9-22(15)19(24)18(13)26-10-16(20)23/h3-8,16,23,25H,2,9-10H2,1H3/t16-,20+/m1/s1. The molecule has 0 aliphatic carbocycles. The summed E-state index contributed by atoms with van der Waals surface area (Å²) in [5, 5.41) is 22.3. The molecule has 0 amide bonds. The molecule has 0 unspecified atom stereocenters. The molecule has 0 saturated carbocycles. The minimum absolute atomic E-state index is 0.0962. The minimum Gasteiger partial charge on any atom is -0.485 e. The van der Waals surface area contributed by atoms with Crippen LogP contribution in [0.1, 0.15) is 24.5 Å². The molecule has 0 spiro atoms. The van der Waals surface area contributed by atoms with Crippen LogP contribution in [-0.2, 0) is 12.1 Å². The topological polar surface area (TPSA) is 84.6 Å². The Hall–Kier alpha value is -2.70. The molecule has 132 valence electrons. The van der Waals surface area contributed by atoms with Crippen LogP contribution in [0.5, 0.6) is 5.75 Å². The zero-order valence-corrected chi connectivity index (χ0v) is 14.3. The second-order valence-electron chi connectivity index (χ2n) is 6.96. The van der Waals surface area contributed by atoms with Gasteiger partial charge in [0.05, 0.1) is 23.4 Å². The van der Waals surface area contributed by atoms with Gasteiger partial charge >= 0.3 is 0 Å². The molecule has 6 nitrogen and oxygen atoms in total. The van der Waals surface area contributed by atoms with Gasteiger partial charge in [-0.05, 0) is 24.6 Å². The number of pyridine rings is 2. The summed E-state index contributed by atoms with van der Waals surface area (Å²) < 4.78 is 7.13. The van der Waals surface area contributed by atoms with Crippen LogP contribution >= 0.6 is 0 Å². The molecule has 0 bridgehead atoms. The minimum atomic E-state index is -1.50. The van der Waals surface area contributed by atoms with E-state index >= 15 is 0 Å². The number of aliphatic hydroxyl groups is 2. The molecule has 26 heavy (non-hydrogen) atoms. The van der Waals surface area contributed by atoms with Crippen molar-refractivity contribution >= 4 is 10.9 Å². The van der Waals surface area contributed by atoms with Gasteiger partial charge in [0.15, 0.2) is 5.75 Å². The van der Waals surface area contributed by atoms with Crippen molar-refractivity contribution in [1.29, 1.82) is 0 Å². The fourth-order valence-electron chi connectivity index (χ4n) is 4.02. The number of fused-ring (bicyclic) bond motifs is 5. The molecular weight excluding hydrogens is 332 g/mol. The fraction of sp³-hybridized carbons (Fsp3) is 0.300. The van der Waals surface area contributed by atoms with Crippen molar-refractivity contribution in [3.05, 3.63) is 57.9 Å². The first-order chi connectivity index (χ1) is 12.5. The van der Waals surface area contributed by atoms with E-state index < -0.39 is 11.7 Å². The first kappa shape index (κ1) is 15.5. The molecule has 6 heteroatoms. The lowest BCUT2D eigenvalue weighted by Crippen LogP contribution is -2.48. The molecule has 1 aromatic carbocycles. The van der Waals surface area contributed by atoms with Crippen LogP contribution in [0.4, 0.5) is 0 Å². The van der Waals surface area contributed by atoms with Crippen LogP contribution in [-0.4, -0.2) is 32.5 Å². The van der Waals surface area contributed by atoms with Crippen LogP contribution in [0.15, 0.2) is 41.2 Å². The molecule has 3 aromatic rings. The summed E-state index contributed by atoms with van der Waals surface area (Å²) in [6.07, 6.45) is -0.793. The average Bonchev–Trinajstić information content (AvgIpc) is 3.01. The van der Waals surface area contributed by atoms with Gasteiger partial charge in [-0.2, -0.15) is 0 Å². The Labute approximate surface area is 149 Å². The number of aromatic nitrogens is 2. The predicted octanol–water partition coefficient (Wildman–Crippen LogP) is 1.78. The van der Waals surface area contributed by atoms with Crippen molar-refractivity contribution in [2.75, 3.05) is 6.61 Å². The Kier molecular flexibility index (Phi) is 3.08. The summed E-state index contributed by atoms with van der Waals surface area (Å²) in [6, 6.07) is 11.6. The highest BCUT2D eigenvalue weighted by atomic mass is 16.5. The van der Waals surface area contributed by atoms with Crippen molar-refractivity contribution in [3.8, 4) is 17.1 Å². The summed E-state index contributed by atoms with van der Waals surface area (Å²) in [4.78, 5) is 17.7. The van der Waals surface area contributed by atoms with Gasteiger partial charge in [0, 0.05) is 16.5 Å². The van der Waals surface area contributed by atoms with Crippen molar-refractivity contribution in [3.63, 3.8) is 0 Å². The van der Waals surface area contributed by atoms with Crippen molar-refractivity contribution in [2.45, 2.75) is 31.6 Å². The quantitative estimate of drug-likeness (QED) is 0.547. The number of nitrogens with zero attached hydrogens (tertiary/aromatic N) is 2. The maximum absolute atomic E-state index is 13.0. The SMILES string of the molecule is CC[C@]1(O)c2cc3n(c(=O)c2OC[C@H]1O)Cc1cc2ccccc2nc1-3. The largest absolute Gasteiger partial charge is 0.485 e. The Balaban J connectivity index is 1.80. The molecule has 2 aromatic heterocycles. The van der Waals surface area contributed by atoms with E-state index in [1.165, 1.54) is 0 Å². The summed E-state index contributed by atoms with van der Waals surface area (Å²) >= 11 is 0. The molecule has 5 rings (SSSR count). The second kappa shape index (κ2) is 5.16. The third-order valence-corrected chi connectivity index (χ3v) is 5.57. The Bertz CT molecular complexity index is 1120. The number of para-hydroxylation sites is 1. The van der Waals surface area contributed by atoms with Gasteiger partial charge in [-0.15, -0.1) is 0 Å². The summed E-state index contributed by atoms with van der Waals surface area (Å²) in [7, 11) is 0. The molecule has 4 heterocycles.